The SMILES string of the molecule is O=C(/C=C/c1ccccc1NC(=O)c1ccccc1Oc1ccc(F)cc1)NO. The lowest BCUT2D eigenvalue weighted by molar-refractivity contribution is -0.124. The summed E-state index contributed by atoms with van der Waals surface area (Å²) in [5, 5.41) is 11.4. The Morgan fingerprint density at radius 3 is 2.38 bits per heavy atom. The Labute approximate surface area is 166 Å². The standard InChI is InChI=1S/C22H17FN2O4/c23-16-10-12-17(13-11-16)29-20-8-4-2-6-18(20)22(27)24-19-7-3-1-5-15(19)9-14-21(26)25-28/h1-14,28H,(H,24,27)(H,25,26)/b14-9+. The molecule has 146 valence electrons. The van der Waals surface area contributed by atoms with Crippen molar-refractivity contribution in [3.8, 4) is 11.5 Å². The van der Waals surface area contributed by atoms with Crippen LogP contribution in [-0.2, 0) is 4.79 Å². The summed E-state index contributed by atoms with van der Waals surface area (Å²) in [5.74, 6) is -0.795. The van der Waals surface area contributed by atoms with Crippen LogP contribution in [0.2, 0.25) is 0 Å². The van der Waals surface area contributed by atoms with Crippen molar-refractivity contribution in [2.75, 3.05) is 5.32 Å². The van der Waals surface area contributed by atoms with Gasteiger partial charge in [-0.1, -0.05) is 30.3 Å². The van der Waals surface area contributed by atoms with E-state index >= 15 is 0 Å². The summed E-state index contributed by atoms with van der Waals surface area (Å²) in [7, 11) is 0. The number of benzene rings is 3. The van der Waals surface area contributed by atoms with Crippen molar-refractivity contribution in [2.45, 2.75) is 0 Å². The van der Waals surface area contributed by atoms with Crippen LogP contribution in [0.25, 0.3) is 6.08 Å². The summed E-state index contributed by atoms with van der Waals surface area (Å²) in [5.41, 5.74) is 2.82. The molecule has 0 aliphatic rings. The second kappa shape index (κ2) is 9.29. The van der Waals surface area contributed by atoms with Gasteiger partial charge >= 0.3 is 0 Å². The number of anilines is 1. The Hall–Kier alpha value is -3.97. The first kappa shape index (κ1) is 19.8. The van der Waals surface area contributed by atoms with Crippen LogP contribution in [0.5, 0.6) is 11.5 Å². The molecule has 0 bridgehead atoms. The molecule has 0 aliphatic heterocycles. The molecule has 2 amide bonds. The number of carbonyl (C=O) groups is 2. The number of halogens is 1. The lowest BCUT2D eigenvalue weighted by atomic mass is 10.1. The van der Waals surface area contributed by atoms with Crippen molar-refractivity contribution in [3.05, 3.63) is 95.8 Å². The molecule has 0 aliphatic carbocycles. The van der Waals surface area contributed by atoms with E-state index in [2.05, 4.69) is 5.32 Å². The number of hydroxylamine groups is 1. The molecule has 0 aromatic heterocycles. The average Bonchev–Trinajstić information content (AvgIpc) is 2.74. The van der Waals surface area contributed by atoms with Crippen molar-refractivity contribution in [3.63, 3.8) is 0 Å². The molecule has 0 radical (unpaired) electrons. The molecule has 0 heterocycles. The van der Waals surface area contributed by atoms with E-state index in [0.29, 0.717) is 22.7 Å². The largest absolute Gasteiger partial charge is 0.457 e. The first-order valence-electron chi connectivity index (χ1n) is 8.62. The van der Waals surface area contributed by atoms with Crippen molar-refractivity contribution < 1.29 is 23.9 Å². The maximum Gasteiger partial charge on any atom is 0.267 e. The van der Waals surface area contributed by atoms with E-state index in [1.54, 1.807) is 48.5 Å². The van der Waals surface area contributed by atoms with Gasteiger partial charge in [0.05, 0.1) is 5.56 Å². The highest BCUT2D eigenvalue weighted by molar-refractivity contribution is 6.07. The van der Waals surface area contributed by atoms with Gasteiger partial charge in [-0.25, -0.2) is 9.87 Å². The van der Waals surface area contributed by atoms with Gasteiger partial charge in [0.2, 0.25) is 0 Å². The Balaban J connectivity index is 1.83. The van der Waals surface area contributed by atoms with E-state index in [9.17, 15) is 14.0 Å². The predicted molar refractivity (Wildman–Crippen MR) is 106 cm³/mol. The molecule has 29 heavy (non-hydrogen) atoms. The van der Waals surface area contributed by atoms with Crippen LogP contribution in [0.4, 0.5) is 10.1 Å². The van der Waals surface area contributed by atoms with Gasteiger partial charge in [-0.05, 0) is 54.1 Å². The Kier molecular flexibility index (Phi) is 6.34. The predicted octanol–water partition coefficient (Wildman–Crippen LogP) is 4.39. The first-order valence-corrected chi connectivity index (χ1v) is 8.62. The highest BCUT2D eigenvalue weighted by Gasteiger charge is 2.14. The Morgan fingerprint density at radius 2 is 1.62 bits per heavy atom. The molecule has 0 unspecified atom stereocenters. The lowest BCUT2D eigenvalue weighted by Crippen LogP contribution is -2.15. The van der Waals surface area contributed by atoms with Crippen LogP contribution in [-0.4, -0.2) is 17.0 Å². The molecular weight excluding hydrogens is 375 g/mol. The summed E-state index contributed by atoms with van der Waals surface area (Å²) in [6.45, 7) is 0. The number of para-hydroxylation sites is 2. The highest BCUT2D eigenvalue weighted by atomic mass is 19.1. The van der Waals surface area contributed by atoms with Gasteiger partial charge < -0.3 is 10.1 Å². The van der Waals surface area contributed by atoms with Crippen LogP contribution in [0.3, 0.4) is 0 Å². The maximum atomic E-state index is 13.1. The van der Waals surface area contributed by atoms with Crippen molar-refractivity contribution in [1.29, 1.82) is 0 Å². The van der Waals surface area contributed by atoms with Gasteiger partial charge in [0.15, 0.2) is 0 Å². The molecule has 3 N–H and O–H groups in total. The third-order valence-corrected chi connectivity index (χ3v) is 3.91. The zero-order chi connectivity index (χ0) is 20.6. The number of hydrogen-bond donors (Lipinski definition) is 3. The molecule has 0 fully saturated rings. The molecular formula is C22H17FN2O4. The van der Waals surface area contributed by atoms with Gasteiger partial charge in [-0.15, -0.1) is 0 Å². The second-order valence-corrected chi connectivity index (χ2v) is 5.90. The van der Waals surface area contributed by atoms with Crippen LogP contribution in [0, 0.1) is 5.82 Å². The van der Waals surface area contributed by atoms with Crippen LogP contribution in [0.1, 0.15) is 15.9 Å². The van der Waals surface area contributed by atoms with Gasteiger partial charge in [-0.2, -0.15) is 0 Å². The number of rotatable bonds is 6. The molecule has 0 saturated carbocycles. The van der Waals surface area contributed by atoms with Crippen LogP contribution in [0.15, 0.2) is 78.9 Å². The molecule has 6 nitrogen and oxygen atoms in total. The normalized spacial score (nSPS) is 10.6. The van der Waals surface area contributed by atoms with E-state index < -0.39 is 11.8 Å². The zero-order valence-electron chi connectivity index (χ0n) is 15.1. The molecule has 0 atom stereocenters. The average molecular weight is 392 g/mol. The highest BCUT2D eigenvalue weighted by Crippen LogP contribution is 2.27. The number of hydrogen-bond acceptors (Lipinski definition) is 4. The quantitative estimate of drug-likeness (QED) is 0.330. The number of nitrogens with one attached hydrogen (secondary N) is 2. The Morgan fingerprint density at radius 1 is 0.931 bits per heavy atom. The number of carbonyl (C=O) groups excluding carboxylic acids is 2. The number of ether oxygens (including phenoxy) is 1. The van der Waals surface area contributed by atoms with Crippen molar-refractivity contribution in [2.24, 2.45) is 0 Å². The van der Waals surface area contributed by atoms with E-state index in [1.807, 2.05) is 0 Å². The summed E-state index contributed by atoms with van der Waals surface area (Å²) >= 11 is 0. The zero-order valence-corrected chi connectivity index (χ0v) is 15.1. The summed E-state index contributed by atoms with van der Waals surface area (Å²) in [4.78, 5) is 24.0. The van der Waals surface area contributed by atoms with Gasteiger partial charge in [0, 0.05) is 11.8 Å². The lowest BCUT2D eigenvalue weighted by Gasteiger charge is -2.13. The van der Waals surface area contributed by atoms with Crippen LogP contribution >= 0.6 is 0 Å². The minimum Gasteiger partial charge on any atom is -0.457 e. The molecule has 0 spiro atoms. The number of amides is 2. The van der Waals surface area contributed by atoms with E-state index in [-0.39, 0.29) is 11.4 Å². The van der Waals surface area contributed by atoms with Gasteiger partial charge in [0.25, 0.3) is 11.8 Å². The fourth-order valence-corrected chi connectivity index (χ4v) is 2.52. The second-order valence-electron chi connectivity index (χ2n) is 5.90. The van der Waals surface area contributed by atoms with Crippen molar-refractivity contribution in [1.82, 2.24) is 5.48 Å². The Bertz CT molecular complexity index is 1050. The fraction of sp³-hybridized carbons (Fsp3) is 0. The summed E-state index contributed by atoms with van der Waals surface area (Å²) < 4.78 is 18.8. The minimum absolute atomic E-state index is 0.281. The summed E-state index contributed by atoms with van der Waals surface area (Å²) in [6.07, 6.45) is 2.60. The first-order chi connectivity index (χ1) is 14.1. The molecule has 3 aromatic carbocycles. The third kappa shape index (κ3) is 5.27. The van der Waals surface area contributed by atoms with E-state index in [0.717, 1.165) is 6.08 Å². The molecule has 3 aromatic rings. The van der Waals surface area contributed by atoms with Crippen LogP contribution < -0.4 is 15.5 Å². The van der Waals surface area contributed by atoms with Crippen molar-refractivity contribution >= 4 is 23.6 Å². The van der Waals surface area contributed by atoms with Gasteiger partial charge in [0.1, 0.15) is 17.3 Å². The third-order valence-electron chi connectivity index (χ3n) is 3.91. The monoisotopic (exact) mass is 392 g/mol. The van der Waals surface area contributed by atoms with E-state index in [1.165, 1.54) is 35.8 Å². The molecule has 3 rings (SSSR count). The fourth-order valence-electron chi connectivity index (χ4n) is 2.52. The maximum absolute atomic E-state index is 13.1. The minimum atomic E-state index is -0.691. The smallest absolute Gasteiger partial charge is 0.267 e. The van der Waals surface area contributed by atoms with E-state index in [4.69, 9.17) is 9.94 Å². The van der Waals surface area contributed by atoms with Gasteiger partial charge in [-0.3, -0.25) is 14.8 Å². The molecule has 7 heteroatoms. The topological polar surface area (TPSA) is 87.7 Å². The summed E-state index contributed by atoms with van der Waals surface area (Å²) in [6, 6.07) is 19.0. The molecule has 0 saturated heterocycles.